The molecule has 2 aromatic rings. The molecule has 0 radical (unpaired) electrons. The molecule has 1 N–H and O–H groups in total. The molecule has 0 aliphatic carbocycles. The maximum atomic E-state index is 13.9. The third-order valence-corrected chi connectivity index (χ3v) is 8.35. The third kappa shape index (κ3) is 7.51. The molecule has 40 heavy (non-hydrogen) atoms. The average Bonchev–Trinajstić information content (AvgIpc) is 2.90. The van der Waals surface area contributed by atoms with Crippen molar-refractivity contribution in [1.82, 2.24) is 9.80 Å². The Bertz CT molecular complexity index is 1180. The van der Waals surface area contributed by atoms with Crippen molar-refractivity contribution < 1.29 is 19.5 Å². The zero-order valence-electron chi connectivity index (χ0n) is 24.5. The Kier molecular flexibility index (Phi) is 9.67. The van der Waals surface area contributed by atoms with E-state index in [1.165, 1.54) is 5.56 Å². The second kappa shape index (κ2) is 13.0. The zero-order valence-corrected chi connectivity index (χ0v) is 24.5. The number of carbonyl (C=O) groups is 3. The number of carbonyl (C=O) groups excluding carboxylic acids is 2. The van der Waals surface area contributed by atoms with Crippen molar-refractivity contribution in [2.75, 3.05) is 18.0 Å². The van der Waals surface area contributed by atoms with Gasteiger partial charge in [-0.25, -0.2) is 0 Å². The normalized spacial score (nSPS) is 20.5. The lowest BCUT2D eigenvalue weighted by Crippen LogP contribution is -2.52. The molecule has 2 heterocycles. The van der Waals surface area contributed by atoms with Crippen LogP contribution in [0.1, 0.15) is 77.3 Å². The highest BCUT2D eigenvalue weighted by Gasteiger charge is 2.36. The molecular weight excluding hydrogens is 502 g/mol. The Morgan fingerprint density at radius 3 is 2.30 bits per heavy atom. The number of fused-ring (bicyclic) bond motifs is 3. The van der Waals surface area contributed by atoms with Crippen molar-refractivity contribution in [3.63, 3.8) is 0 Å². The standard InChI is InChI=1S/C33H45N3O4/c1-24(2)32(40)35-18-17-27-14-10-15-28(36(27)21-25-11-6-5-7-12-25)23-34(22-26-13-8-9-16-29(26)35)30(37)19-33(3,4)20-31(38)39/h5-9,11-13,16,24,27-28H,10,14-15,17-23H2,1-4H3,(H,38,39). The number of hydrogen-bond donors (Lipinski definition) is 1. The van der Waals surface area contributed by atoms with E-state index in [1.807, 2.05) is 67.8 Å². The number of para-hydroxylation sites is 1. The molecule has 2 atom stereocenters. The van der Waals surface area contributed by atoms with Crippen molar-refractivity contribution >= 4 is 23.5 Å². The maximum Gasteiger partial charge on any atom is 0.303 e. The molecule has 2 aromatic carbocycles. The summed E-state index contributed by atoms with van der Waals surface area (Å²) in [5.41, 5.74) is 2.41. The number of piperidine rings is 1. The first-order chi connectivity index (χ1) is 19.0. The van der Waals surface area contributed by atoms with E-state index in [2.05, 4.69) is 29.2 Å². The minimum absolute atomic E-state index is 0.0381. The van der Waals surface area contributed by atoms with Gasteiger partial charge in [-0.2, -0.15) is 0 Å². The second-order valence-corrected chi connectivity index (χ2v) is 12.6. The summed E-state index contributed by atoms with van der Waals surface area (Å²) in [6.45, 7) is 9.98. The fraction of sp³-hybridized carbons (Fsp3) is 0.545. The van der Waals surface area contributed by atoms with Gasteiger partial charge in [0.05, 0.1) is 6.42 Å². The van der Waals surface area contributed by atoms with Gasteiger partial charge in [0.1, 0.15) is 0 Å². The van der Waals surface area contributed by atoms with Crippen LogP contribution in [0.15, 0.2) is 54.6 Å². The average molecular weight is 548 g/mol. The van der Waals surface area contributed by atoms with E-state index in [9.17, 15) is 19.5 Å². The van der Waals surface area contributed by atoms with Crippen LogP contribution in [0, 0.1) is 11.3 Å². The summed E-state index contributed by atoms with van der Waals surface area (Å²) in [5, 5.41) is 9.43. The van der Waals surface area contributed by atoms with Crippen LogP contribution in [-0.2, 0) is 27.5 Å². The van der Waals surface area contributed by atoms with E-state index in [0.717, 1.165) is 43.5 Å². The summed E-state index contributed by atoms with van der Waals surface area (Å²) in [7, 11) is 0. The quantitative estimate of drug-likeness (QED) is 0.479. The van der Waals surface area contributed by atoms with E-state index >= 15 is 0 Å². The molecule has 2 amide bonds. The lowest BCUT2D eigenvalue weighted by Gasteiger charge is -2.44. The number of benzene rings is 2. The molecule has 2 aliphatic rings. The lowest BCUT2D eigenvalue weighted by molar-refractivity contribution is -0.141. The third-order valence-electron chi connectivity index (χ3n) is 8.35. The maximum absolute atomic E-state index is 13.9. The van der Waals surface area contributed by atoms with E-state index in [1.54, 1.807) is 0 Å². The minimum atomic E-state index is -0.896. The van der Waals surface area contributed by atoms with Gasteiger partial charge in [0.25, 0.3) is 0 Å². The van der Waals surface area contributed by atoms with Crippen LogP contribution in [0.2, 0.25) is 0 Å². The molecule has 0 saturated carbocycles. The van der Waals surface area contributed by atoms with Crippen LogP contribution in [-0.4, -0.2) is 57.9 Å². The van der Waals surface area contributed by atoms with Crippen molar-refractivity contribution in [1.29, 1.82) is 0 Å². The fourth-order valence-corrected chi connectivity index (χ4v) is 6.33. The summed E-state index contributed by atoms with van der Waals surface area (Å²) < 4.78 is 0. The number of anilines is 1. The van der Waals surface area contributed by atoms with Gasteiger partial charge in [-0.05, 0) is 41.9 Å². The van der Waals surface area contributed by atoms with Gasteiger partial charge < -0.3 is 14.9 Å². The van der Waals surface area contributed by atoms with Gasteiger partial charge in [0, 0.05) is 56.3 Å². The van der Waals surface area contributed by atoms with Crippen LogP contribution >= 0.6 is 0 Å². The van der Waals surface area contributed by atoms with Crippen molar-refractivity contribution in [3.8, 4) is 0 Å². The molecule has 2 aliphatic heterocycles. The van der Waals surface area contributed by atoms with Crippen LogP contribution in [0.5, 0.6) is 0 Å². The number of rotatable bonds is 7. The fourth-order valence-electron chi connectivity index (χ4n) is 6.33. The van der Waals surface area contributed by atoms with Gasteiger partial charge in [0.2, 0.25) is 11.8 Å². The molecule has 216 valence electrons. The van der Waals surface area contributed by atoms with Crippen LogP contribution < -0.4 is 4.90 Å². The first-order valence-corrected chi connectivity index (χ1v) is 14.7. The van der Waals surface area contributed by atoms with Crippen LogP contribution in [0.3, 0.4) is 0 Å². The molecule has 7 nitrogen and oxygen atoms in total. The SMILES string of the molecule is CC(C)C(=O)N1CCC2CCCC(CN(C(=O)CC(C)(C)CC(=O)O)Cc3ccccc31)N2Cc1ccccc1. The van der Waals surface area contributed by atoms with Gasteiger partial charge >= 0.3 is 5.97 Å². The molecule has 4 rings (SSSR count). The Morgan fingerprint density at radius 1 is 0.925 bits per heavy atom. The number of aliphatic carboxylic acids is 1. The lowest BCUT2D eigenvalue weighted by atomic mass is 9.85. The van der Waals surface area contributed by atoms with Gasteiger partial charge in [-0.1, -0.05) is 82.6 Å². The summed E-state index contributed by atoms with van der Waals surface area (Å²) >= 11 is 0. The molecule has 2 bridgehead atoms. The highest BCUT2D eigenvalue weighted by molar-refractivity contribution is 5.95. The molecule has 1 fully saturated rings. The van der Waals surface area contributed by atoms with Crippen LogP contribution in [0.4, 0.5) is 5.69 Å². The highest BCUT2D eigenvalue weighted by atomic mass is 16.4. The monoisotopic (exact) mass is 547 g/mol. The molecule has 2 unspecified atom stereocenters. The number of carboxylic acids is 1. The summed E-state index contributed by atoms with van der Waals surface area (Å²) in [4.78, 5) is 45.4. The van der Waals surface area contributed by atoms with Crippen molar-refractivity contribution in [3.05, 3.63) is 65.7 Å². The predicted octanol–water partition coefficient (Wildman–Crippen LogP) is 5.72. The van der Waals surface area contributed by atoms with Gasteiger partial charge in [-0.15, -0.1) is 0 Å². The molecule has 1 saturated heterocycles. The van der Waals surface area contributed by atoms with E-state index in [0.29, 0.717) is 25.7 Å². The summed E-state index contributed by atoms with van der Waals surface area (Å²) in [6, 6.07) is 18.9. The molecular formula is C33H45N3O4. The number of nitrogens with zero attached hydrogens (tertiary/aromatic N) is 3. The number of carboxylic acid groups (broad SMARTS) is 1. The van der Waals surface area contributed by atoms with E-state index < -0.39 is 11.4 Å². The molecule has 0 aromatic heterocycles. The minimum Gasteiger partial charge on any atom is -0.481 e. The number of hydrogen-bond acceptors (Lipinski definition) is 4. The Labute approximate surface area is 239 Å². The second-order valence-electron chi connectivity index (χ2n) is 12.6. The molecule has 7 heteroatoms. The van der Waals surface area contributed by atoms with Crippen molar-refractivity contribution in [2.45, 2.75) is 91.4 Å². The molecule has 0 spiro atoms. The van der Waals surface area contributed by atoms with Crippen LogP contribution in [0.25, 0.3) is 0 Å². The summed E-state index contributed by atoms with van der Waals surface area (Å²) in [5.74, 6) is -0.988. The summed E-state index contributed by atoms with van der Waals surface area (Å²) in [6.07, 6.45) is 4.11. The smallest absolute Gasteiger partial charge is 0.303 e. The number of amides is 2. The van der Waals surface area contributed by atoms with E-state index in [-0.39, 0.29) is 36.6 Å². The largest absolute Gasteiger partial charge is 0.481 e. The predicted molar refractivity (Wildman–Crippen MR) is 158 cm³/mol. The Hall–Kier alpha value is -3.19. The van der Waals surface area contributed by atoms with Crippen molar-refractivity contribution in [2.24, 2.45) is 11.3 Å². The Morgan fingerprint density at radius 2 is 1.60 bits per heavy atom. The zero-order chi connectivity index (χ0) is 28.9. The Balaban J connectivity index is 1.74. The topological polar surface area (TPSA) is 81.2 Å². The van der Waals surface area contributed by atoms with Gasteiger partial charge in [-0.3, -0.25) is 19.3 Å². The first-order valence-electron chi connectivity index (χ1n) is 14.7. The van der Waals surface area contributed by atoms with Gasteiger partial charge in [0.15, 0.2) is 0 Å². The highest BCUT2D eigenvalue weighted by Crippen LogP contribution is 2.33. The first kappa shape index (κ1) is 29.8. The van der Waals surface area contributed by atoms with E-state index in [4.69, 9.17) is 0 Å².